The fourth-order valence-electron chi connectivity index (χ4n) is 3.27. The molecule has 0 radical (unpaired) electrons. The molecule has 0 saturated heterocycles. The van der Waals surface area contributed by atoms with E-state index < -0.39 is 0 Å². The average Bonchev–Trinajstić information content (AvgIpc) is 2.58. The van der Waals surface area contributed by atoms with Crippen LogP contribution < -0.4 is 0 Å². The van der Waals surface area contributed by atoms with Crippen LogP contribution in [0.25, 0.3) is 0 Å². The third kappa shape index (κ3) is 8.24. The minimum atomic E-state index is -0.175. The van der Waals surface area contributed by atoms with Gasteiger partial charge in [-0.1, -0.05) is 92.7 Å². The van der Waals surface area contributed by atoms with Gasteiger partial charge in [0.25, 0.3) is 0 Å². The Hall–Kier alpha value is -1.51. The highest BCUT2D eigenvalue weighted by Gasteiger charge is 2.25. The van der Waals surface area contributed by atoms with E-state index in [2.05, 4.69) is 54.5 Å². The molecule has 3 nitrogen and oxygen atoms in total. The van der Waals surface area contributed by atoms with E-state index in [9.17, 15) is 9.90 Å². The Balaban J connectivity index is 2.67. The molecule has 0 aliphatic carbocycles. The van der Waals surface area contributed by atoms with E-state index in [-0.39, 0.29) is 16.8 Å². The van der Waals surface area contributed by atoms with Crippen molar-refractivity contribution < 1.29 is 14.6 Å². The molecule has 0 amide bonds. The zero-order chi connectivity index (χ0) is 21.4. The molecule has 1 N–H and O–H groups in total. The molecule has 0 fully saturated rings. The van der Waals surface area contributed by atoms with Gasteiger partial charge < -0.3 is 9.84 Å². The van der Waals surface area contributed by atoms with Gasteiger partial charge in [-0.2, -0.15) is 0 Å². The quantitative estimate of drug-likeness (QED) is 0.352. The number of hydrogen-bond acceptors (Lipinski definition) is 3. The highest BCUT2D eigenvalue weighted by molar-refractivity contribution is 5.70. The molecule has 0 aromatic heterocycles. The number of carbonyl (C=O) groups excluding carboxylic acids is 1. The van der Waals surface area contributed by atoms with Gasteiger partial charge in [0.15, 0.2) is 0 Å². The van der Waals surface area contributed by atoms with Gasteiger partial charge in [-0.3, -0.25) is 4.79 Å². The first-order valence-electron chi connectivity index (χ1n) is 11.0. The number of aryl methyl sites for hydroxylation is 1. The molecule has 0 atom stereocenters. The van der Waals surface area contributed by atoms with Crippen molar-refractivity contribution in [1.29, 1.82) is 0 Å². The Morgan fingerprint density at radius 1 is 0.929 bits per heavy atom. The molecule has 0 saturated carbocycles. The second-order valence-corrected chi connectivity index (χ2v) is 10.0. The SMILES string of the molecule is CCCCCCCCOC(=O)CCc1cc(C(C)(C)C)cc(C(C)(C)C)c1O. The minimum absolute atomic E-state index is 0.0132. The summed E-state index contributed by atoms with van der Waals surface area (Å²) in [5, 5.41) is 10.8. The number of esters is 1. The average molecular weight is 391 g/mol. The Bertz CT molecular complexity index is 618. The van der Waals surface area contributed by atoms with E-state index in [1.807, 2.05) is 6.07 Å². The molecule has 0 unspecified atom stereocenters. The molecule has 1 aromatic carbocycles. The monoisotopic (exact) mass is 390 g/mol. The predicted octanol–water partition coefficient (Wildman–Crippen LogP) is 6.82. The maximum atomic E-state index is 12.1. The lowest BCUT2D eigenvalue weighted by Gasteiger charge is -2.27. The fourth-order valence-corrected chi connectivity index (χ4v) is 3.27. The van der Waals surface area contributed by atoms with Gasteiger partial charge in [0.2, 0.25) is 0 Å². The molecule has 28 heavy (non-hydrogen) atoms. The predicted molar refractivity (Wildman–Crippen MR) is 118 cm³/mol. The van der Waals surface area contributed by atoms with Crippen molar-refractivity contribution in [3.05, 3.63) is 28.8 Å². The first kappa shape index (κ1) is 24.5. The summed E-state index contributed by atoms with van der Waals surface area (Å²) in [6, 6.07) is 4.15. The summed E-state index contributed by atoms with van der Waals surface area (Å²) in [7, 11) is 0. The number of benzene rings is 1. The van der Waals surface area contributed by atoms with Gasteiger partial charge in [-0.05, 0) is 40.4 Å². The lowest BCUT2D eigenvalue weighted by Crippen LogP contribution is -2.18. The van der Waals surface area contributed by atoms with Gasteiger partial charge in [-0.25, -0.2) is 0 Å². The van der Waals surface area contributed by atoms with Crippen molar-refractivity contribution in [2.75, 3.05) is 6.61 Å². The number of unbranched alkanes of at least 4 members (excludes halogenated alkanes) is 5. The summed E-state index contributed by atoms with van der Waals surface area (Å²) in [6.07, 6.45) is 7.89. The van der Waals surface area contributed by atoms with Gasteiger partial charge >= 0.3 is 5.97 Å². The Morgan fingerprint density at radius 2 is 1.54 bits per heavy atom. The van der Waals surface area contributed by atoms with E-state index in [0.29, 0.717) is 25.2 Å². The lowest BCUT2D eigenvalue weighted by molar-refractivity contribution is -0.143. The number of carbonyl (C=O) groups is 1. The zero-order valence-electron chi connectivity index (χ0n) is 19.3. The highest BCUT2D eigenvalue weighted by atomic mass is 16.5. The van der Waals surface area contributed by atoms with Crippen LogP contribution in [0.15, 0.2) is 12.1 Å². The van der Waals surface area contributed by atoms with Gasteiger partial charge in [0.1, 0.15) is 5.75 Å². The second kappa shape index (κ2) is 10.9. The van der Waals surface area contributed by atoms with E-state index >= 15 is 0 Å². The summed E-state index contributed by atoms with van der Waals surface area (Å²) >= 11 is 0. The van der Waals surface area contributed by atoms with Crippen molar-refractivity contribution in [3.63, 3.8) is 0 Å². The number of ether oxygens (including phenoxy) is 1. The maximum Gasteiger partial charge on any atom is 0.306 e. The molecular weight excluding hydrogens is 348 g/mol. The number of rotatable bonds is 10. The van der Waals surface area contributed by atoms with Crippen LogP contribution in [0, 0.1) is 0 Å². The van der Waals surface area contributed by atoms with Crippen molar-refractivity contribution in [1.82, 2.24) is 0 Å². The Kier molecular flexibility index (Phi) is 9.53. The van der Waals surface area contributed by atoms with Crippen LogP contribution in [-0.2, 0) is 26.8 Å². The molecule has 0 spiro atoms. The van der Waals surface area contributed by atoms with Crippen molar-refractivity contribution in [2.24, 2.45) is 0 Å². The molecule has 0 aliphatic rings. The van der Waals surface area contributed by atoms with Crippen LogP contribution in [-0.4, -0.2) is 17.7 Å². The van der Waals surface area contributed by atoms with Crippen molar-refractivity contribution in [3.8, 4) is 5.75 Å². The van der Waals surface area contributed by atoms with E-state index in [1.54, 1.807) is 0 Å². The maximum absolute atomic E-state index is 12.1. The third-order valence-corrected chi connectivity index (χ3v) is 5.22. The zero-order valence-corrected chi connectivity index (χ0v) is 19.3. The van der Waals surface area contributed by atoms with Crippen LogP contribution in [0.3, 0.4) is 0 Å². The molecule has 0 aliphatic heterocycles. The number of phenols is 1. The summed E-state index contributed by atoms with van der Waals surface area (Å²) in [4.78, 5) is 12.1. The van der Waals surface area contributed by atoms with Crippen LogP contribution >= 0.6 is 0 Å². The smallest absolute Gasteiger partial charge is 0.306 e. The topological polar surface area (TPSA) is 46.5 Å². The Morgan fingerprint density at radius 3 is 2.11 bits per heavy atom. The summed E-state index contributed by atoms with van der Waals surface area (Å²) in [6.45, 7) is 15.5. The molecule has 1 aromatic rings. The summed E-state index contributed by atoms with van der Waals surface area (Å²) < 4.78 is 5.38. The molecule has 1 rings (SSSR count). The molecule has 0 bridgehead atoms. The van der Waals surface area contributed by atoms with Crippen molar-refractivity contribution in [2.45, 2.75) is 111 Å². The van der Waals surface area contributed by atoms with Gasteiger partial charge in [-0.15, -0.1) is 0 Å². The standard InChI is InChI=1S/C25H42O3/c1-8-9-10-11-12-13-16-28-22(26)15-14-19-17-20(24(2,3)4)18-21(23(19)27)25(5,6)7/h17-18,27H,8-16H2,1-7H3. The largest absolute Gasteiger partial charge is 0.507 e. The normalized spacial score (nSPS) is 12.2. The van der Waals surface area contributed by atoms with Crippen LogP contribution in [0.5, 0.6) is 5.75 Å². The first-order chi connectivity index (χ1) is 13.0. The van der Waals surface area contributed by atoms with E-state index in [0.717, 1.165) is 24.0 Å². The lowest BCUT2D eigenvalue weighted by atomic mass is 9.78. The number of hydrogen-bond donors (Lipinski definition) is 1. The molecule has 0 heterocycles. The van der Waals surface area contributed by atoms with E-state index in [4.69, 9.17) is 4.74 Å². The molecule has 160 valence electrons. The first-order valence-corrected chi connectivity index (χ1v) is 11.0. The second-order valence-electron chi connectivity index (χ2n) is 10.0. The molecule has 3 heteroatoms. The highest BCUT2D eigenvalue weighted by Crippen LogP contribution is 2.38. The van der Waals surface area contributed by atoms with Crippen LogP contribution in [0.1, 0.15) is 110 Å². The number of phenolic OH excluding ortho intramolecular Hbond substituents is 1. The minimum Gasteiger partial charge on any atom is -0.507 e. The van der Waals surface area contributed by atoms with E-state index in [1.165, 1.54) is 31.2 Å². The third-order valence-electron chi connectivity index (χ3n) is 5.22. The summed E-state index contributed by atoms with van der Waals surface area (Å²) in [5.74, 6) is 0.149. The van der Waals surface area contributed by atoms with Crippen LogP contribution in [0.4, 0.5) is 0 Å². The van der Waals surface area contributed by atoms with Gasteiger partial charge in [0.05, 0.1) is 6.61 Å². The summed E-state index contributed by atoms with van der Waals surface area (Å²) in [5.41, 5.74) is 2.80. The fraction of sp³-hybridized carbons (Fsp3) is 0.720. The van der Waals surface area contributed by atoms with Crippen molar-refractivity contribution >= 4 is 5.97 Å². The molecular formula is C25H42O3. The Labute approximate surface area is 172 Å². The van der Waals surface area contributed by atoms with Crippen LogP contribution in [0.2, 0.25) is 0 Å². The van der Waals surface area contributed by atoms with Gasteiger partial charge in [0, 0.05) is 6.42 Å². The number of aromatic hydroxyl groups is 1.